The molecule has 0 spiro atoms. The van der Waals surface area contributed by atoms with Crippen LogP contribution in [0.4, 0.5) is 0 Å². The molecule has 6 nitrogen and oxygen atoms in total. The fourth-order valence-corrected chi connectivity index (χ4v) is 2.85. The first-order valence-corrected chi connectivity index (χ1v) is 8.44. The Morgan fingerprint density at radius 2 is 1.92 bits per heavy atom. The molecule has 2 heterocycles. The lowest BCUT2D eigenvalue weighted by Crippen LogP contribution is -2.44. The zero-order chi connectivity index (χ0) is 15.9. The van der Waals surface area contributed by atoms with Crippen LogP contribution in [0.25, 0.3) is 0 Å². The number of amides is 1. The molecule has 134 valence electrons. The van der Waals surface area contributed by atoms with Crippen LogP contribution >= 0.6 is 12.4 Å². The molecule has 3 rings (SSSR count). The summed E-state index contributed by atoms with van der Waals surface area (Å²) in [7, 11) is 0. The van der Waals surface area contributed by atoms with Gasteiger partial charge < -0.3 is 25.0 Å². The summed E-state index contributed by atoms with van der Waals surface area (Å²) in [6, 6.07) is 5.38. The van der Waals surface area contributed by atoms with Crippen molar-refractivity contribution in [1.29, 1.82) is 0 Å². The minimum atomic E-state index is -0.0547. The third-order valence-electron chi connectivity index (χ3n) is 4.16. The summed E-state index contributed by atoms with van der Waals surface area (Å²) in [6.07, 6.45) is 1.83. The molecule has 1 aromatic rings. The van der Waals surface area contributed by atoms with Crippen molar-refractivity contribution < 1.29 is 14.3 Å². The Kier molecular flexibility index (Phi) is 7.62. The summed E-state index contributed by atoms with van der Waals surface area (Å²) in [4.78, 5) is 14.7. The number of hydrogen-bond acceptors (Lipinski definition) is 5. The Bertz CT molecular complexity index is 536. The highest BCUT2D eigenvalue weighted by molar-refractivity contribution is 5.94. The van der Waals surface area contributed by atoms with Gasteiger partial charge in [0, 0.05) is 44.7 Å². The SMILES string of the molecule is Cl.O=C(NCCCN1CCNCC1)c1ccc2c(c1)OCCCO2. The number of fused-ring (bicyclic) bond motifs is 1. The maximum Gasteiger partial charge on any atom is 0.251 e. The molecule has 2 aliphatic heterocycles. The van der Waals surface area contributed by atoms with Gasteiger partial charge in [0.25, 0.3) is 5.91 Å². The number of piperazine rings is 1. The summed E-state index contributed by atoms with van der Waals surface area (Å²) in [5.74, 6) is 1.33. The number of hydrogen-bond donors (Lipinski definition) is 2. The lowest BCUT2D eigenvalue weighted by Gasteiger charge is -2.27. The minimum Gasteiger partial charge on any atom is -0.490 e. The number of rotatable bonds is 5. The second-order valence-electron chi connectivity index (χ2n) is 5.91. The van der Waals surface area contributed by atoms with Crippen molar-refractivity contribution in [2.24, 2.45) is 0 Å². The number of halogens is 1. The van der Waals surface area contributed by atoms with E-state index in [2.05, 4.69) is 15.5 Å². The molecule has 0 aliphatic carbocycles. The third kappa shape index (κ3) is 5.26. The van der Waals surface area contributed by atoms with Gasteiger partial charge in [-0.05, 0) is 31.2 Å². The first-order chi connectivity index (χ1) is 11.3. The molecule has 0 unspecified atom stereocenters. The summed E-state index contributed by atoms with van der Waals surface area (Å²) >= 11 is 0. The second-order valence-corrected chi connectivity index (χ2v) is 5.91. The van der Waals surface area contributed by atoms with Gasteiger partial charge >= 0.3 is 0 Å². The lowest BCUT2D eigenvalue weighted by atomic mass is 10.2. The first-order valence-electron chi connectivity index (χ1n) is 8.44. The summed E-state index contributed by atoms with van der Waals surface area (Å²) < 4.78 is 11.2. The predicted octanol–water partition coefficient (Wildman–Crippen LogP) is 1.29. The molecule has 1 amide bonds. The predicted molar refractivity (Wildman–Crippen MR) is 95.6 cm³/mol. The number of nitrogens with zero attached hydrogens (tertiary/aromatic N) is 1. The van der Waals surface area contributed by atoms with Gasteiger partial charge in [-0.1, -0.05) is 0 Å². The van der Waals surface area contributed by atoms with Gasteiger partial charge in [-0.15, -0.1) is 12.4 Å². The van der Waals surface area contributed by atoms with E-state index in [-0.39, 0.29) is 18.3 Å². The van der Waals surface area contributed by atoms with Crippen molar-refractivity contribution in [2.45, 2.75) is 12.8 Å². The van der Waals surface area contributed by atoms with Gasteiger partial charge in [-0.2, -0.15) is 0 Å². The Balaban J connectivity index is 0.00000208. The third-order valence-corrected chi connectivity index (χ3v) is 4.16. The van der Waals surface area contributed by atoms with Crippen LogP contribution in [-0.2, 0) is 0 Å². The first kappa shape index (κ1) is 18.8. The molecule has 2 aliphatic rings. The highest BCUT2D eigenvalue weighted by Crippen LogP contribution is 2.30. The number of carbonyl (C=O) groups excluding carboxylic acids is 1. The van der Waals surface area contributed by atoms with Crippen molar-refractivity contribution in [3.63, 3.8) is 0 Å². The van der Waals surface area contributed by atoms with E-state index in [1.165, 1.54) is 0 Å². The van der Waals surface area contributed by atoms with E-state index < -0.39 is 0 Å². The van der Waals surface area contributed by atoms with Crippen LogP contribution in [0, 0.1) is 0 Å². The maximum atomic E-state index is 12.2. The van der Waals surface area contributed by atoms with Crippen LogP contribution in [0.1, 0.15) is 23.2 Å². The quantitative estimate of drug-likeness (QED) is 0.779. The average molecular weight is 356 g/mol. The molecular weight excluding hydrogens is 330 g/mol. The van der Waals surface area contributed by atoms with Gasteiger partial charge in [0.05, 0.1) is 13.2 Å². The van der Waals surface area contributed by atoms with Crippen molar-refractivity contribution in [3.05, 3.63) is 23.8 Å². The van der Waals surface area contributed by atoms with Crippen molar-refractivity contribution >= 4 is 18.3 Å². The van der Waals surface area contributed by atoms with E-state index in [1.807, 2.05) is 6.07 Å². The van der Waals surface area contributed by atoms with E-state index >= 15 is 0 Å². The van der Waals surface area contributed by atoms with Crippen molar-refractivity contribution in [2.75, 3.05) is 52.5 Å². The van der Waals surface area contributed by atoms with Crippen LogP contribution in [0.3, 0.4) is 0 Å². The highest BCUT2D eigenvalue weighted by Gasteiger charge is 2.14. The van der Waals surface area contributed by atoms with Crippen molar-refractivity contribution in [3.8, 4) is 11.5 Å². The molecule has 1 fully saturated rings. The van der Waals surface area contributed by atoms with Gasteiger partial charge in [0.15, 0.2) is 11.5 Å². The molecule has 7 heteroatoms. The van der Waals surface area contributed by atoms with Crippen LogP contribution < -0.4 is 20.1 Å². The molecule has 0 bridgehead atoms. The van der Waals surface area contributed by atoms with Gasteiger partial charge in [0.1, 0.15) is 0 Å². The molecule has 24 heavy (non-hydrogen) atoms. The normalized spacial score (nSPS) is 17.5. The van der Waals surface area contributed by atoms with Gasteiger partial charge in [-0.25, -0.2) is 0 Å². The van der Waals surface area contributed by atoms with Crippen LogP contribution in [0.2, 0.25) is 0 Å². The van der Waals surface area contributed by atoms with Crippen molar-refractivity contribution in [1.82, 2.24) is 15.5 Å². The molecule has 0 radical (unpaired) electrons. The largest absolute Gasteiger partial charge is 0.490 e. The van der Waals surface area contributed by atoms with E-state index in [9.17, 15) is 4.79 Å². The number of nitrogens with one attached hydrogen (secondary N) is 2. The Hall–Kier alpha value is -1.50. The molecule has 0 atom stereocenters. The van der Waals surface area contributed by atoms with Crippen LogP contribution in [0.5, 0.6) is 11.5 Å². The fourth-order valence-electron chi connectivity index (χ4n) is 2.85. The zero-order valence-corrected chi connectivity index (χ0v) is 14.7. The van der Waals surface area contributed by atoms with E-state index in [4.69, 9.17) is 9.47 Å². The topological polar surface area (TPSA) is 62.8 Å². The smallest absolute Gasteiger partial charge is 0.251 e. The van der Waals surface area contributed by atoms with E-state index in [0.29, 0.717) is 31.1 Å². The molecule has 1 aromatic carbocycles. The van der Waals surface area contributed by atoms with Gasteiger partial charge in [0.2, 0.25) is 0 Å². The van der Waals surface area contributed by atoms with Crippen LogP contribution in [-0.4, -0.2) is 63.3 Å². The molecule has 0 aromatic heterocycles. The Labute approximate surface area is 149 Å². The number of carbonyl (C=O) groups is 1. The zero-order valence-electron chi connectivity index (χ0n) is 13.9. The number of benzene rings is 1. The molecular formula is C17H26ClN3O3. The monoisotopic (exact) mass is 355 g/mol. The molecule has 0 saturated carbocycles. The summed E-state index contributed by atoms with van der Waals surface area (Å²) in [6.45, 7) is 7.31. The second kappa shape index (κ2) is 9.71. The van der Waals surface area contributed by atoms with Crippen LogP contribution in [0.15, 0.2) is 18.2 Å². The standard InChI is InChI=1S/C17H25N3O3.ClH/c21-17(19-5-1-8-20-9-6-18-7-10-20)14-3-4-15-16(13-14)23-12-2-11-22-15;/h3-4,13,18H,1-2,5-12H2,(H,19,21);1H. The average Bonchev–Trinajstić information content (AvgIpc) is 2.84. The maximum absolute atomic E-state index is 12.2. The number of ether oxygens (including phenoxy) is 2. The summed E-state index contributed by atoms with van der Waals surface area (Å²) in [5, 5.41) is 6.32. The fraction of sp³-hybridized carbons (Fsp3) is 0.588. The molecule has 2 N–H and O–H groups in total. The van der Waals surface area contributed by atoms with E-state index in [0.717, 1.165) is 51.3 Å². The Morgan fingerprint density at radius 1 is 1.17 bits per heavy atom. The summed E-state index contributed by atoms with van der Waals surface area (Å²) in [5.41, 5.74) is 0.622. The lowest BCUT2D eigenvalue weighted by molar-refractivity contribution is 0.0951. The van der Waals surface area contributed by atoms with Gasteiger partial charge in [-0.3, -0.25) is 4.79 Å². The molecule has 1 saturated heterocycles. The van der Waals surface area contributed by atoms with E-state index in [1.54, 1.807) is 12.1 Å². The minimum absolute atomic E-state index is 0. The Morgan fingerprint density at radius 3 is 2.71 bits per heavy atom. The highest BCUT2D eigenvalue weighted by atomic mass is 35.5.